The molecule has 0 radical (unpaired) electrons. The van der Waals surface area contributed by atoms with Crippen molar-refractivity contribution in [1.82, 2.24) is 9.78 Å². The summed E-state index contributed by atoms with van der Waals surface area (Å²) in [5.74, 6) is -0.566. The van der Waals surface area contributed by atoms with Crippen molar-refractivity contribution in [2.24, 2.45) is 0 Å². The molecule has 2 nitrogen and oxygen atoms in total. The number of hydrogen-bond acceptors (Lipinski definition) is 1. The van der Waals surface area contributed by atoms with Gasteiger partial charge in [-0.2, -0.15) is 5.10 Å². The van der Waals surface area contributed by atoms with Crippen molar-refractivity contribution in [3.8, 4) is 0 Å². The Balaban J connectivity index is 2.88. The molecule has 0 atom stereocenters. The molecule has 0 saturated carbocycles. The van der Waals surface area contributed by atoms with E-state index in [-0.39, 0.29) is 5.70 Å². The molecule has 1 aromatic heterocycles. The van der Waals surface area contributed by atoms with E-state index < -0.39 is 5.83 Å². The first-order valence-corrected chi connectivity index (χ1v) is 2.75. The van der Waals surface area contributed by atoms with Gasteiger partial charge in [0.1, 0.15) is 5.83 Å². The minimum atomic E-state index is -0.566. The van der Waals surface area contributed by atoms with Gasteiger partial charge in [-0.05, 0) is 6.07 Å². The maximum absolute atomic E-state index is 12.3. The zero-order valence-electron chi connectivity index (χ0n) is 5.42. The van der Waals surface area contributed by atoms with Crippen LogP contribution >= 0.6 is 0 Å². The Kier molecular flexibility index (Phi) is 1.67. The normalized spacial score (nSPS) is 9.30. The topological polar surface area (TPSA) is 17.8 Å². The summed E-state index contributed by atoms with van der Waals surface area (Å²) in [4.78, 5) is 0. The molecule has 1 aromatic rings. The Labute approximate surface area is 58.3 Å². The highest BCUT2D eigenvalue weighted by Gasteiger charge is 1.98. The van der Waals surface area contributed by atoms with E-state index in [9.17, 15) is 4.39 Å². The summed E-state index contributed by atoms with van der Waals surface area (Å²) < 4.78 is 13.6. The van der Waals surface area contributed by atoms with E-state index in [4.69, 9.17) is 0 Å². The minimum absolute atomic E-state index is 0.171. The lowest BCUT2D eigenvalue weighted by molar-refractivity contribution is 0.659. The molecule has 0 bridgehead atoms. The number of allylic oxidation sites excluding steroid dienone is 2. The first-order chi connectivity index (χ1) is 4.72. The molecule has 1 heterocycles. The van der Waals surface area contributed by atoms with E-state index in [2.05, 4.69) is 18.3 Å². The summed E-state index contributed by atoms with van der Waals surface area (Å²) in [6.45, 7) is 6.51. The second-order valence-corrected chi connectivity index (χ2v) is 1.80. The first kappa shape index (κ1) is 6.74. The third-order valence-corrected chi connectivity index (χ3v) is 1.09. The number of halogens is 1. The van der Waals surface area contributed by atoms with E-state index >= 15 is 0 Å². The summed E-state index contributed by atoms with van der Waals surface area (Å²) in [7, 11) is 0. The smallest absolute Gasteiger partial charge is 0.141 e. The van der Waals surface area contributed by atoms with E-state index in [1.54, 1.807) is 18.5 Å². The maximum Gasteiger partial charge on any atom is 0.141 e. The molecular formula is C7H7FN2. The monoisotopic (exact) mass is 138 g/mol. The van der Waals surface area contributed by atoms with Gasteiger partial charge in [0.05, 0.1) is 5.70 Å². The molecule has 10 heavy (non-hydrogen) atoms. The fourth-order valence-electron chi connectivity index (χ4n) is 0.553. The van der Waals surface area contributed by atoms with Crippen molar-refractivity contribution in [2.45, 2.75) is 0 Å². The van der Waals surface area contributed by atoms with Gasteiger partial charge in [-0.15, -0.1) is 0 Å². The summed E-state index contributed by atoms with van der Waals surface area (Å²) >= 11 is 0. The van der Waals surface area contributed by atoms with Gasteiger partial charge in [0, 0.05) is 12.4 Å². The van der Waals surface area contributed by atoms with Gasteiger partial charge >= 0.3 is 0 Å². The second kappa shape index (κ2) is 2.47. The first-order valence-electron chi connectivity index (χ1n) is 2.75. The van der Waals surface area contributed by atoms with Crippen LogP contribution < -0.4 is 0 Å². The van der Waals surface area contributed by atoms with Crippen LogP contribution in [0.4, 0.5) is 4.39 Å². The number of hydrogen-bond donors (Lipinski definition) is 0. The Bertz CT molecular complexity index is 249. The zero-order chi connectivity index (χ0) is 7.56. The lowest BCUT2D eigenvalue weighted by Crippen LogP contribution is -1.94. The number of aromatic nitrogens is 2. The van der Waals surface area contributed by atoms with Crippen LogP contribution in [0.3, 0.4) is 0 Å². The van der Waals surface area contributed by atoms with Gasteiger partial charge in [-0.25, -0.2) is 9.07 Å². The predicted octanol–water partition coefficient (Wildman–Crippen LogP) is 1.84. The number of nitrogens with zero attached hydrogens (tertiary/aromatic N) is 2. The van der Waals surface area contributed by atoms with Crippen LogP contribution in [-0.2, 0) is 0 Å². The van der Waals surface area contributed by atoms with Crippen LogP contribution in [0.2, 0.25) is 0 Å². The zero-order valence-corrected chi connectivity index (χ0v) is 5.42. The standard InChI is InChI=1S/C7H7FN2/c1-6(8)7(2)10-5-3-4-9-10/h3-5H,1-2H2. The van der Waals surface area contributed by atoms with Gasteiger partial charge in [-0.1, -0.05) is 13.2 Å². The molecule has 0 aliphatic heterocycles. The van der Waals surface area contributed by atoms with Gasteiger partial charge in [0.2, 0.25) is 0 Å². The molecule has 0 aliphatic rings. The molecule has 0 spiro atoms. The highest BCUT2D eigenvalue weighted by atomic mass is 19.1. The highest BCUT2D eigenvalue weighted by molar-refractivity contribution is 5.56. The molecule has 0 fully saturated rings. The molecule has 0 saturated heterocycles. The third-order valence-electron chi connectivity index (χ3n) is 1.09. The van der Waals surface area contributed by atoms with Crippen LogP contribution in [0.5, 0.6) is 0 Å². The van der Waals surface area contributed by atoms with Crippen molar-refractivity contribution >= 4 is 5.70 Å². The number of rotatable bonds is 2. The lowest BCUT2D eigenvalue weighted by atomic mass is 10.4. The lowest BCUT2D eigenvalue weighted by Gasteiger charge is -1.99. The molecule has 1 rings (SSSR count). The van der Waals surface area contributed by atoms with E-state index in [0.29, 0.717) is 0 Å². The Morgan fingerprint density at radius 1 is 1.50 bits per heavy atom. The average molecular weight is 138 g/mol. The molecule has 0 unspecified atom stereocenters. The van der Waals surface area contributed by atoms with Crippen molar-refractivity contribution in [3.05, 3.63) is 37.4 Å². The van der Waals surface area contributed by atoms with Gasteiger partial charge < -0.3 is 0 Å². The summed E-state index contributed by atoms with van der Waals surface area (Å²) in [5, 5.41) is 3.75. The predicted molar refractivity (Wildman–Crippen MR) is 37.8 cm³/mol. The van der Waals surface area contributed by atoms with E-state index in [1.807, 2.05) is 0 Å². The molecule has 0 aliphatic carbocycles. The van der Waals surface area contributed by atoms with E-state index in [0.717, 1.165) is 0 Å². The van der Waals surface area contributed by atoms with Gasteiger partial charge in [0.25, 0.3) is 0 Å². The average Bonchev–Trinajstić information content (AvgIpc) is 2.36. The maximum atomic E-state index is 12.3. The van der Waals surface area contributed by atoms with Gasteiger partial charge in [-0.3, -0.25) is 0 Å². The molecular weight excluding hydrogens is 131 g/mol. The fourth-order valence-corrected chi connectivity index (χ4v) is 0.553. The summed E-state index contributed by atoms with van der Waals surface area (Å²) in [5.41, 5.74) is 0.171. The second-order valence-electron chi connectivity index (χ2n) is 1.80. The summed E-state index contributed by atoms with van der Waals surface area (Å²) in [6.07, 6.45) is 3.15. The van der Waals surface area contributed by atoms with Crippen molar-refractivity contribution in [3.63, 3.8) is 0 Å². The molecule has 0 N–H and O–H groups in total. The molecule has 0 amide bonds. The quantitative estimate of drug-likeness (QED) is 0.570. The van der Waals surface area contributed by atoms with E-state index in [1.165, 1.54) is 4.68 Å². The van der Waals surface area contributed by atoms with Crippen LogP contribution in [-0.4, -0.2) is 9.78 Å². The van der Waals surface area contributed by atoms with Crippen LogP contribution in [0.1, 0.15) is 0 Å². The van der Waals surface area contributed by atoms with Crippen LogP contribution in [0, 0.1) is 0 Å². The van der Waals surface area contributed by atoms with Crippen LogP contribution in [0.15, 0.2) is 37.4 Å². The van der Waals surface area contributed by atoms with Crippen molar-refractivity contribution in [1.29, 1.82) is 0 Å². The van der Waals surface area contributed by atoms with Crippen LogP contribution in [0.25, 0.3) is 5.70 Å². The minimum Gasteiger partial charge on any atom is -0.239 e. The van der Waals surface area contributed by atoms with Gasteiger partial charge in [0.15, 0.2) is 0 Å². The SMILES string of the molecule is C=C(F)C(=C)n1cccn1. The largest absolute Gasteiger partial charge is 0.239 e. The summed E-state index contributed by atoms with van der Waals surface area (Å²) in [6, 6.07) is 1.69. The molecule has 52 valence electrons. The highest BCUT2D eigenvalue weighted by Crippen LogP contribution is 2.10. The van der Waals surface area contributed by atoms with Crippen molar-refractivity contribution < 1.29 is 4.39 Å². The Hall–Kier alpha value is -1.38. The Morgan fingerprint density at radius 3 is 2.60 bits per heavy atom. The van der Waals surface area contributed by atoms with Crippen molar-refractivity contribution in [2.75, 3.05) is 0 Å². The molecule has 0 aromatic carbocycles. The third kappa shape index (κ3) is 1.13. The molecule has 3 heteroatoms. The Morgan fingerprint density at radius 2 is 2.20 bits per heavy atom. The fraction of sp³-hybridized carbons (Fsp3) is 0.